The lowest BCUT2D eigenvalue weighted by molar-refractivity contribution is -0.120. The number of piperidine rings is 1. The number of amides is 2. The second-order valence-electron chi connectivity index (χ2n) is 6.07. The molecule has 1 aliphatic heterocycles. The number of carbonyl (C=O) groups is 2. The Kier molecular flexibility index (Phi) is 8.01. The van der Waals surface area contributed by atoms with Gasteiger partial charge in [-0.05, 0) is 43.9 Å². The summed E-state index contributed by atoms with van der Waals surface area (Å²) in [7, 11) is 0. The number of hydrogen-bond donors (Lipinski definition) is 2. The molecule has 0 unspecified atom stereocenters. The second kappa shape index (κ2) is 10.3. The molecule has 0 bridgehead atoms. The molecule has 2 rings (SSSR count). The first kappa shape index (κ1) is 19.5. The maximum Gasteiger partial charge on any atom is 0.409 e. The number of rotatable bonds is 7. The number of halogens is 1. The fourth-order valence-electron chi connectivity index (χ4n) is 2.78. The Labute approximate surface area is 153 Å². The minimum atomic E-state index is -0.249. The molecule has 0 atom stereocenters. The van der Waals surface area contributed by atoms with Gasteiger partial charge in [0, 0.05) is 30.7 Å². The molecule has 1 saturated heterocycles. The molecule has 1 aliphatic rings. The van der Waals surface area contributed by atoms with Crippen molar-refractivity contribution in [3.8, 4) is 0 Å². The molecule has 0 saturated carbocycles. The fourth-order valence-corrected chi connectivity index (χ4v) is 2.90. The van der Waals surface area contributed by atoms with E-state index in [2.05, 4.69) is 10.6 Å². The number of nitrogens with zero attached hydrogens (tertiary/aromatic N) is 1. The van der Waals surface area contributed by atoms with Crippen LogP contribution in [0.25, 0.3) is 0 Å². The summed E-state index contributed by atoms with van der Waals surface area (Å²) in [5, 5.41) is 6.88. The van der Waals surface area contributed by atoms with Gasteiger partial charge >= 0.3 is 6.09 Å². The van der Waals surface area contributed by atoms with Crippen molar-refractivity contribution in [1.82, 2.24) is 15.5 Å². The van der Waals surface area contributed by atoms with Crippen LogP contribution in [0.15, 0.2) is 24.3 Å². The van der Waals surface area contributed by atoms with Gasteiger partial charge in [0.25, 0.3) is 0 Å². The van der Waals surface area contributed by atoms with Crippen LogP contribution in [0, 0.1) is 0 Å². The van der Waals surface area contributed by atoms with Gasteiger partial charge in [-0.1, -0.05) is 23.7 Å². The van der Waals surface area contributed by atoms with E-state index in [1.54, 1.807) is 11.8 Å². The summed E-state index contributed by atoms with van der Waals surface area (Å²) in [6.07, 6.45) is 2.19. The van der Waals surface area contributed by atoms with Crippen molar-refractivity contribution in [2.24, 2.45) is 0 Å². The van der Waals surface area contributed by atoms with Crippen LogP contribution >= 0.6 is 11.6 Å². The summed E-state index contributed by atoms with van der Waals surface area (Å²) in [5.74, 6) is -0.0122. The number of carbonyl (C=O) groups excluding carboxylic acids is 2. The molecule has 138 valence electrons. The standard InChI is InChI=1S/C18H26ClN3O3/c1-2-25-18(24)22-11-8-16(9-12-22)21-13-17(23)20-10-7-14-3-5-15(19)6-4-14/h3-6,16,21H,2,7-13H2,1H3,(H,20,23). The van der Waals surface area contributed by atoms with Gasteiger partial charge in [0.05, 0.1) is 13.2 Å². The first-order chi connectivity index (χ1) is 12.1. The SMILES string of the molecule is CCOC(=O)N1CCC(NCC(=O)NCCc2ccc(Cl)cc2)CC1. The summed E-state index contributed by atoms with van der Waals surface area (Å²) in [5.41, 5.74) is 1.14. The van der Waals surface area contributed by atoms with Gasteiger partial charge in [0.15, 0.2) is 0 Å². The predicted molar refractivity (Wildman–Crippen MR) is 97.8 cm³/mol. The molecule has 25 heavy (non-hydrogen) atoms. The third-order valence-electron chi connectivity index (χ3n) is 4.22. The lowest BCUT2D eigenvalue weighted by Crippen LogP contribution is -2.47. The van der Waals surface area contributed by atoms with Crippen LogP contribution in [-0.2, 0) is 16.0 Å². The van der Waals surface area contributed by atoms with Crippen LogP contribution in [0.3, 0.4) is 0 Å². The van der Waals surface area contributed by atoms with E-state index in [9.17, 15) is 9.59 Å². The smallest absolute Gasteiger partial charge is 0.409 e. The van der Waals surface area contributed by atoms with E-state index in [0.29, 0.717) is 37.8 Å². The molecule has 2 amide bonds. The van der Waals surface area contributed by atoms with E-state index in [0.717, 1.165) is 24.8 Å². The second-order valence-corrected chi connectivity index (χ2v) is 6.50. The summed E-state index contributed by atoms with van der Waals surface area (Å²) < 4.78 is 5.00. The van der Waals surface area contributed by atoms with Crippen molar-refractivity contribution in [3.63, 3.8) is 0 Å². The Morgan fingerprint density at radius 3 is 2.56 bits per heavy atom. The van der Waals surface area contributed by atoms with Gasteiger partial charge in [-0.15, -0.1) is 0 Å². The molecule has 1 aromatic carbocycles. The minimum absolute atomic E-state index is 0.0122. The van der Waals surface area contributed by atoms with Crippen molar-refractivity contribution in [1.29, 1.82) is 0 Å². The topological polar surface area (TPSA) is 70.7 Å². The highest BCUT2D eigenvalue weighted by Gasteiger charge is 2.23. The normalized spacial score (nSPS) is 15.0. The summed E-state index contributed by atoms with van der Waals surface area (Å²) in [6.45, 7) is 4.42. The summed E-state index contributed by atoms with van der Waals surface area (Å²) >= 11 is 5.85. The Balaban J connectivity index is 1.58. The van der Waals surface area contributed by atoms with Crippen molar-refractivity contribution in [3.05, 3.63) is 34.9 Å². The Bertz CT molecular complexity index is 557. The molecule has 0 radical (unpaired) electrons. The molecule has 1 fully saturated rings. The first-order valence-electron chi connectivity index (χ1n) is 8.74. The zero-order valence-corrected chi connectivity index (χ0v) is 15.3. The maximum absolute atomic E-state index is 11.9. The third kappa shape index (κ3) is 6.92. The lowest BCUT2D eigenvalue weighted by atomic mass is 10.1. The van der Waals surface area contributed by atoms with E-state index < -0.39 is 0 Å². The van der Waals surface area contributed by atoms with Crippen LogP contribution in [-0.4, -0.2) is 55.7 Å². The molecular formula is C18H26ClN3O3. The zero-order chi connectivity index (χ0) is 18.1. The molecular weight excluding hydrogens is 342 g/mol. The highest BCUT2D eigenvalue weighted by molar-refractivity contribution is 6.30. The van der Waals surface area contributed by atoms with Crippen molar-refractivity contribution < 1.29 is 14.3 Å². The highest BCUT2D eigenvalue weighted by atomic mass is 35.5. The van der Waals surface area contributed by atoms with Crippen molar-refractivity contribution in [2.45, 2.75) is 32.2 Å². The summed E-state index contributed by atoms with van der Waals surface area (Å²) in [6, 6.07) is 7.88. The van der Waals surface area contributed by atoms with Gasteiger partial charge in [-0.2, -0.15) is 0 Å². The van der Waals surface area contributed by atoms with Crippen LogP contribution in [0.1, 0.15) is 25.3 Å². The molecule has 1 heterocycles. The van der Waals surface area contributed by atoms with Gasteiger partial charge < -0.3 is 20.3 Å². The Morgan fingerprint density at radius 2 is 1.92 bits per heavy atom. The van der Waals surface area contributed by atoms with E-state index >= 15 is 0 Å². The van der Waals surface area contributed by atoms with E-state index in [1.807, 2.05) is 24.3 Å². The van der Waals surface area contributed by atoms with Crippen LogP contribution in [0.4, 0.5) is 4.79 Å². The summed E-state index contributed by atoms with van der Waals surface area (Å²) in [4.78, 5) is 25.3. The van der Waals surface area contributed by atoms with E-state index in [4.69, 9.17) is 16.3 Å². The fraction of sp³-hybridized carbons (Fsp3) is 0.556. The van der Waals surface area contributed by atoms with Crippen molar-refractivity contribution >= 4 is 23.6 Å². The average Bonchev–Trinajstić information content (AvgIpc) is 2.62. The highest BCUT2D eigenvalue weighted by Crippen LogP contribution is 2.11. The molecule has 1 aromatic rings. The van der Waals surface area contributed by atoms with E-state index in [-0.39, 0.29) is 18.0 Å². The van der Waals surface area contributed by atoms with E-state index in [1.165, 1.54) is 0 Å². The van der Waals surface area contributed by atoms with Gasteiger partial charge in [-0.3, -0.25) is 4.79 Å². The molecule has 0 spiro atoms. The first-order valence-corrected chi connectivity index (χ1v) is 9.12. The van der Waals surface area contributed by atoms with Gasteiger partial charge in [0.2, 0.25) is 5.91 Å². The molecule has 0 aliphatic carbocycles. The van der Waals surface area contributed by atoms with Crippen molar-refractivity contribution in [2.75, 3.05) is 32.8 Å². The Morgan fingerprint density at radius 1 is 1.24 bits per heavy atom. The number of benzene rings is 1. The van der Waals surface area contributed by atoms with Crippen LogP contribution in [0.5, 0.6) is 0 Å². The minimum Gasteiger partial charge on any atom is -0.450 e. The third-order valence-corrected chi connectivity index (χ3v) is 4.47. The average molecular weight is 368 g/mol. The van der Waals surface area contributed by atoms with Crippen LogP contribution in [0.2, 0.25) is 5.02 Å². The molecule has 2 N–H and O–H groups in total. The van der Waals surface area contributed by atoms with Gasteiger partial charge in [0.1, 0.15) is 0 Å². The molecule has 0 aromatic heterocycles. The zero-order valence-electron chi connectivity index (χ0n) is 14.6. The largest absolute Gasteiger partial charge is 0.450 e. The molecule has 7 heteroatoms. The van der Waals surface area contributed by atoms with Gasteiger partial charge in [-0.25, -0.2) is 4.79 Å². The number of likely N-dealkylation sites (tertiary alicyclic amines) is 1. The predicted octanol–water partition coefficient (Wildman–Crippen LogP) is 2.21. The number of nitrogens with one attached hydrogen (secondary N) is 2. The molecule has 6 nitrogen and oxygen atoms in total. The monoisotopic (exact) mass is 367 g/mol. The quantitative estimate of drug-likeness (QED) is 0.775. The number of hydrogen-bond acceptors (Lipinski definition) is 4. The maximum atomic E-state index is 11.9. The lowest BCUT2D eigenvalue weighted by Gasteiger charge is -2.31. The number of ether oxygens (including phenoxy) is 1. The van der Waals surface area contributed by atoms with Crippen LogP contribution < -0.4 is 10.6 Å². The Hall–Kier alpha value is -1.79.